The smallest absolute Gasteiger partial charge is 0.334 e. The number of aliphatic carboxylic acids is 2. The van der Waals surface area contributed by atoms with E-state index in [2.05, 4.69) is 4.74 Å². The maximum Gasteiger partial charge on any atom is 0.334 e. The quantitative estimate of drug-likeness (QED) is 0.307. The van der Waals surface area contributed by atoms with Crippen molar-refractivity contribution in [3.05, 3.63) is 0 Å². The zero-order chi connectivity index (χ0) is 12.7. The van der Waals surface area contributed by atoms with Crippen molar-refractivity contribution < 1.29 is 34.4 Å². The highest BCUT2D eigenvalue weighted by Crippen LogP contribution is 2.07. The molecule has 1 unspecified atom stereocenters. The molecule has 92 valence electrons. The van der Waals surface area contributed by atoms with Crippen molar-refractivity contribution in [3.8, 4) is 0 Å². The minimum atomic E-state index is -1.50. The maximum atomic E-state index is 10.8. The van der Waals surface area contributed by atoms with Crippen LogP contribution in [-0.4, -0.2) is 45.9 Å². The van der Waals surface area contributed by atoms with Gasteiger partial charge in [-0.3, -0.25) is 9.59 Å². The van der Waals surface area contributed by atoms with E-state index >= 15 is 0 Å². The molecule has 0 fully saturated rings. The molecule has 0 aromatic rings. The molecule has 0 saturated heterocycles. The fraction of sp³-hybridized carbons (Fsp3) is 0.667. The fourth-order valence-electron chi connectivity index (χ4n) is 0.933. The van der Waals surface area contributed by atoms with Gasteiger partial charge in [-0.05, 0) is 19.8 Å². The van der Waals surface area contributed by atoms with Crippen LogP contribution in [0.15, 0.2) is 0 Å². The molecule has 7 nitrogen and oxygen atoms in total. The van der Waals surface area contributed by atoms with Gasteiger partial charge in [0.2, 0.25) is 0 Å². The maximum absolute atomic E-state index is 10.8. The molecule has 0 aromatic heterocycles. The Morgan fingerprint density at radius 1 is 1.19 bits per heavy atom. The van der Waals surface area contributed by atoms with E-state index in [1.165, 1.54) is 6.92 Å². The third-order valence-corrected chi connectivity index (χ3v) is 1.82. The van der Waals surface area contributed by atoms with Crippen LogP contribution in [-0.2, 0) is 19.1 Å². The average Bonchev–Trinajstić information content (AvgIpc) is 2.15. The van der Waals surface area contributed by atoms with Crippen molar-refractivity contribution in [1.29, 1.82) is 0 Å². The van der Waals surface area contributed by atoms with Gasteiger partial charge in [-0.2, -0.15) is 0 Å². The largest absolute Gasteiger partial charge is 0.481 e. The Hall–Kier alpha value is -1.63. The Bertz CT molecular complexity index is 257. The van der Waals surface area contributed by atoms with Crippen LogP contribution in [0.4, 0.5) is 0 Å². The standard InChI is InChI=1S/C9H14O7/c1-5(10)9(15)16-4-2-3-6(7(11)12)8(13)14/h5-6,10H,2-4H2,1H3,(H,11,12)(H,13,14). The summed E-state index contributed by atoms with van der Waals surface area (Å²) in [6.45, 7) is 1.13. The topological polar surface area (TPSA) is 121 Å². The molecule has 0 saturated carbocycles. The first-order chi connectivity index (χ1) is 7.36. The SMILES string of the molecule is CC(O)C(=O)OCCCC(C(=O)O)C(=O)O. The number of hydrogen-bond donors (Lipinski definition) is 3. The van der Waals surface area contributed by atoms with Crippen LogP contribution in [0.2, 0.25) is 0 Å². The Morgan fingerprint density at radius 3 is 2.06 bits per heavy atom. The molecule has 0 amide bonds. The molecule has 0 aliphatic heterocycles. The second-order valence-corrected chi connectivity index (χ2v) is 3.21. The van der Waals surface area contributed by atoms with E-state index < -0.39 is 29.9 Å². The predicted molar refractivity (Wildman–Crippen MR) is 50.6 cm³/mol. The van der Waals surface area contributed by atoms with E-state index in [1.54, 1.807) is 0 Å². The summed E-state index contributed by atoms with van der Waals surface area (Å²) >= 11 is 0. The van der Waals surface area contributed by atoms with E-state index in [4.69, 9.17) is 15.3 Å². The first kappa shape index (κ1) is 14.4. The van der Waals surface area contributed by atoms with Gasteiger partial charge in [-0.25, -0.2) is 4.79 Å². The van der Waals surface area contributed by atoms with Crippen molar-refractivity contribution in [2.75, 3.05) is 6.61 Å². The summed E-state index contributed by atoms with van der Waals surface area (Å²) in [5.74, 6) is -5.16. The summed E-state index contributed by atoms with van der Waals surface area (Å²) in [6, 6.07) is 0. The number of hydrogen-bond acceptors (Lipinski definition) is 5. The molecule has 7 heteroatoms. The normalized spacial score (nSPS) is 12.2. The van der Waals surface area contributed by atoms with Gasteiger partial charge in [-0.1, -0.05) is 0 Å². The van der Waals surface area contributed by atoms with Crippen LogP contribution >= 0.6 is 0 Å². The molecule has 0 aromatic carbocycles. The first-order valence-electron chi connectivity index (χ1n) is 4.66. The van der Waals surface area contributed by atoms with Gasteiger partial charge in [0.1, 0.15) is 6.10 Å². The van der Waals surface area contributed by atoms with Gasteiger partial charge in [0.25, 0.3) is 0 Å². The Labute approximate surface area is 91.6 Å². The van der Waals surface area contributed by atoms with Gasteiger partial charge in [-0.15, -0.1) is 0 Å². The Morgan fingerprint density at radius 2 is 1.69 bits per heavy atom. The van der Waals surface area contributed by atoms with Crippen LogP contribution in [0, 0.1) is 5.92 Å². The number of ether oxygens (including phenoxy) is 1. The first-order valence-corrected chi connectivity index (χ1v) is 4.66. The number of aliphatic hydroxyl groups is 1. The third-order valence-electron chi connectivity index (χ3n) is 1.82. The summed E-state index contributed by atoms with van der Waals surface area (Å²) in [7, 11) is 0. The third kappa shape index (κ3) is 5.30. The molecule has 16 heavy (non-hydrogen) atoms. The molecule has 0 spiro atoms. The Balaban J connectivity index is 3.84. The lowest BCUT2D eigenvalue weighted by Gasteiger charge is -2.08. The van der Waals surface area contributed by atoms with Crippen molar-refractivity contribution >= 4 is 17.9 Å². The second-order valence-electron chi connectivity index (χ2n) is 3.21. The average molecular weight is 234 g/mol. The van der Waals surface area contributed by atoms with Gasteiger partial charge >= 0.3 is 17.9 Å². The van der Waals surface area contributed by atoms with E-state index in [1.807, 2.05) is 0 Å². The Kier molecular flexibility index (Phi) is 6.09. The lowest BCUT2D eigenvalue weighted by atomic mass is 10.0. The lowest BCUT2D eigenvalue weighted by molar-refractivity contribution is -0.155. The molecular formula is C9H14O7. The minimum Gasteiger partial charge on any atom is -0.481 e. The van der Waals surface area contributed by atoms with Gasteiger partial charge in [0.15, 0.2) is 5.92 Å². The molecule has 0 heterocycles. The van der Waals surface area contributed by atoms with Gasteiger partial charge in [0, 0.05) is 0 Å². The highest BCUT2D eigenvalue weighted by atomic mass is 16.5. The number of rotatable bonds is 7. The predicted octanol–water partition coefficient (Wildman–Crippen LogP) is -0.524. The van der Waals surface area contributed by atoms with Crippen LogP contribution in [0.1, 0.15) is 19.8 Å². The minimum absolute atomic E-state index is 0.110. The number of carbonyl (C=O) groups is 3. The number of esters is 1. The molecule has 1 atom stereocenters. The van der Waals surface area contributed by atoms with Crippen LogP contribution in [0.25, 0.3) is 0 Å². The van der Waals surface area contributed by atoms with Gasteiger partial charge in [0.05, 0.1) is 6.61 Å². The second kappa shape index (κ2) is 6.78. The summed E-state index contributed by atoms with van der Waals surface area (Å²) in [5, 5.41) is 25.8. The summed E-state index contributed by atoms with van der Waals surface area (Å²) < 4.78 is 4.54. The summed E-state index contributed by atoms with van der Waals surface area (Å²) in [6.07, 6.45) is -1.26. The van der Waals surface area contributed by atoms with E-state index in [0.717, 1.165) is 0 Å². The van der Waals surface area contributed by atoms with Crippen LogP contribution in [0.3, 0.4) is 0 Å². The highest BCUT2D eigenvalue weighted by Gasteiger charge is 2.25. The lowest BCUT2D eigenvalue weighted by Crippen LogP contribution is -2.24. The highest BCUT2D eigenvalue weighted by molar-refractivity contribution is 5.92. The van der Waals surface area contributed by atoms with Crippen molar-refractivity contribution in [2.24, 2.45) is 5.92 Å². The van der Waals surface area contributed by atoms with E-state index in [0.29, 0.717) is 0 Å². The van der Waals surface area contributed by atoms with Crippen molar-refractivity contribution in [1.82, 2.24) is 0 Å². The molecule has 0 radical (unpaired) electrons. The monoisotopic (exact) mass is 234 g/mol. The van der Waals surface area contributed by atoms with Crippen molar-refractivity contribution in [3.63, 3.8) is 0 Å². The summed E-state index contributed by atoms with van der Waals surface area (Å²) in [5.41, 5.74) is 0. The fourth-order valence-corrected chi connectivity index (χ4v) is 0.933. The van der Waals surface area contributed by atoms with Crippen LogP contribution < -0.4 is 0 Å². The van der Waals surface area contributed by atoms with Crippen LogP contribution in [0.5, 0.6) is 0 Å². The number of carboxylic acids is 2. The zero-order valence-electron chi connectivity index (χ0n) is 8.75. The van der Waals surface area contributed by atoms with E-state index in [-0.39, 0.29) is 19.4 Å². The van der Waals surface area contributed by atoms with E-state index in [9.17, 15) is 14.4 Å². The number of carboxylic acid groups (broad SMARTS) is 2. The number of aliphatic hydroxyl groups excluding tert-OH is 1. The molecule has 0 aliphatic rings. The van der Waals surface area contributed by atoms with Crippen molar-refractivity contribution in [2.45, 2.75) is 25.9 Å². The zero-order valence-corrected chi connectivity index (χ0v) is 8.75. The number of carbonyl (C=O) groups excluding carboxylic acids is 1. The molecule has 0 rings (SSSR count). The molecular weight excluding hydrogens is 220 g/mol. The molecule has 3 N–H and O–H groups in total. The molecule has 0 aliphatic carbocycles. The summed E-state index contributed by atoms with van der Waals surface area (Å²) in [4.78, 5) is 31.6. The molecule has 0 bridgehead atoms. The van der Waals surface area contributed by atoms with Gasteiger partial charge < -0.3 is 20.1 Å².